The molecule has 2 atom stereocenters. The third-order valence-electron chi connectivity index (χ3n) is 5.98. The van der Waals surface area contributed by atoms with E-state index < -0.39 is 35.3 Å². The molecule has 7 heteroatoms. The lowest BCUT2D eigenvalue weighted by Crippen LogP contribution is -2.48. The highest BCUT2D eigenvalue weighted by atomic mass is 19.1. The number of hydrogen-bond donors (Lipinski definition) is 3. The van der Waals surface area contributed by atoms with E-state index in [-0.39, 0.29) is 13.0 Å². The number of hydrogen-bond acceptors (Lipinski definition) is 4. The van der Waals surface area contributed by atoms with Crippen molar-refractivity contribution in [2.24, 2.45) is 0 Å². The number of benzene rings is 3. The first-order valence-corrected chi connectivity index (χ1v) is 12.9. The minimum atomic E-state index is -1.02. The lowest BCUT2D eigenvalue weighted by molar-refractivity contribution is 0.0827. The van der Waals surface area contributed by atoms with Crippen LogP contribution in [0.15, 0.2) is 60.7 Å². The second-order valence-corrected chi connectivity index (χ2v) is 10.7. The molecule has 0 saturated heterocycles. The number of carbonyl (C=O) groups excluding carboxylic acids is 1. The molecule has 0 spiro atoms. The highest BCUT2D eigenvalue weighted by Gasteiger charge is 2.24. The first-order chi connectivity index (χ1) is 17.9. The molecule has 0 bridgehead atoms. The highest BCUT2D eigenvalue weighted by Crippen LogP contribution is 2.22. The number of aliphatic hydroxyl groups excluding tert-OH is 1. The number of amides is 1. The Morgan fingerprint density at radius 3 is 2.32 bits per heavy atom. The molecule has 3 rings (SSSR count). The van der Waals surface area contributed by atoms with Crippen LogP contribution in [0.5, 0.6) is 5.75 Å². The van der Waals surface area contributed by atoms with Gasteiger partial charge < -0.3 is 20.5 Å². The number of aliphatic hydroxyl groups is 1. The van der Waals surface area contributed by atoms with E-state index in [9.17, 15) is 18.7 Å². The van der Waals surface area contributed by atoms with Gasteiger partial charge >= 0.3 is 0 Å². The van der Waals surface area contributed by atoms with Gasteiger partial charge in [-0.2, -0.15) is 0 Å². The van der Waals surface area contributed by atoms with Gasteiger partial charge in [-0.3, -0.25) is 4.79 Å². The fourth-order valence-corrected chi connectivity index (χ4v) is 4.28. The van der Waals surface area contributed by atoms with Crippen LogP contribution >= 0.6 is 0 Å². The summed E-state index contributed by atoms with van der Waals surface area (Å²) in [5.41, 5.74) is 3.41. The van der Waals surface area contributed by atoms with Crippen molar-refractivity contribution < 1.29 is 23.4 Å². The van der Waals surface area contributed by atoms with Crippen molar-refractivity contribution in [2.75, 3.05) is 6.54 Å². The zero-order valence-corrected chi connectivity index (χ0v) is 22.8. The van der Waals surface area contributed by atoms with Crippen LogP contribution in [0.2, 0.25) is 0 Å². The molecule has 1 amide bonds. The Labute approximate surface area is 224 Å². The molecule has 3 aromatic carbocycles. The maximum atomic E-state index is 13.9. The third kappa shape index (κ3) is 9.23. The topological polar surface area (TPSA) is 70.6 Å². The van der Waals surface area contributed by atoms with Crippen LogP contribution in [0.25, 0.3) is 0 Å². The van der Waals surface area contributed by atoms with Crippen molar-refractivity contribution in [3.8, 4) is 5.75 Å². The zero-order valence-electron chi connectivity index (χ0n) is 22.8. The van der Waals surface area contributed by atoms with Gasteiger partial charge in [0, 0.05) is 24.7 Å². The molecule has 0 heterocycles. The van der Waals surface area contributed by atoms with E-state index in [4.69, 9.17) is 4.74 Å². The predicted octanol–water partition coefficient (Wildman–Crippen LogP) is 5.50. The molecular weight excluding hydrogens is 486 g/mol. The van der Waals surface area contributed by atoms with Crippen molar-refractivity contribution in [1.82, 2.24) is 10.6 Å². The lowest BCUT2D eigenvalue weighted by Gasteiger charge is -2.26. The summed E-state index contributed by atoms with van der Waals surface area (Å²) in [5.74, 6) is -1.28. The molecular formula is C31H38F2N2O3. The number of carbonyl (C=O) groups is 1. The molecule has 204 valence electrons. The molecule has 0 saturated carbocycles. The van der Waals surface area contributed by atoms with Gasteiger partial charge in [-0.15, -0.1) is 0 Å². The van der Waals surface area contributed by atoms with Crippen LogP contribution in [0.1, 0.15) is 60.3 Å². The average Bonchev–Trinajstić information content (AvgIpc) is 2.81. The van der Waals surface area contributed by atoms with E-state index in [1.54, 1.807) is 12.1 Å². The fourth-order valence-electron chi connectivity index (χ4n) is 4.28. The van der Waals surface area contributed by atoms with Crippen LogP contribution in [-0.2, 0) is 19.4 Å². The maximum absolute atomic E-state index is 13.9. The quantitative estimate of drug-likeness (QED) is 0.310. The molecule has 3 aromatic rings. The zero-order chi connectivity index (χ0) is 27.9. The summed E-state index contributed by atoms with van der Waals surface area (Å²) < 4.78 is 33.7. The predicted molar refractivity (Wildman–Crippen MR) is 146 cm³/mol. The van der Waals surface area contributed by atoms with E-state index in [2.05, 4.69) is 29.7 Å². The molecule has 0 aromatic heterocycles. The summed E-state index contributed by atoms with van der Waals surface area (Å²) in [7, 11) is 0. The summed E-state index contributed by atoms with van der Waals surface area (Å²) >= 11 is 0. The number of ether oxygens (including phenoxy) is 1. The fraction of sp³-hybridized carbons (Fsp3) is 0.387. The maximum Gasteiger partial charge on any atom is 0.251 e. The highest BCUT2D eigenvalue weighted by molar-refractivity contribution is 5.95. The van der Waals surface area contributed by atoms with Gasteiger partial charge in [0.15, 0.2) is 0 Å². The van der Waals surface area contributed by atoms with E-state index >= 15 is 0 Å². The minimum Gasteiger partial charge on any atom is -0.488 e. The first kappa shape index (κ1) is 29.3. The second kappa shape index (κ2) is 13.0. The smallest absolute Gasteiger partial charge is 0.251 e. The third-order valence-corrected chi connectivity index (χ3v) is 5.98. The van der Waals surface area contributed by atoms with E-state index in [1.165, 1.54) is 17.7 Å². The summed E-state index contributed by atoms with van der Waals surface area (Å²) in [6, 6.07) is 15.8. The van der Waals surface area contributed by atoms with E-state index in [1.807, 2.05) is 45.9 Å². The summed E-state index contributed by atoms with van der Waals surface area (Å²) in [4.78, 5) is 13.3. The Morgan fingerprint density at radius 1 is 0.974 bits per heavy atom. The summed E-state index contributed by atoms with van der Waals surface area (Å²) in [5, 5.41) is 17.2. The first-order valence-electron chi connectivity index (χ1n) is 12.9. The molecule has 0 aliphatic heterocycles. The minimum absolute atomic E-state index is 0.0474. The Kier molecular flexibility index (Phi) is 10.00. The SMILES string of the molecule is CCc1cccc(CNC[C@@H](O)[C@H](Cc2cc(F)cc(F)c2)NC(=O)c2cc(C)cc(OC(C)(C)C)c2)c1. The largest absolute Gasteiger partial charge is 0.488 e. The van der Waals surface area contributed by atoms with Crippen LogP contribution in [0.4, 0.5) is 8.78 Å². The molecule has 0 aliphatic carbocycles. The molecule has 3 N–H and O–H groups in total. The average molecular weight is 525 g/mol. The molecule has 5 nitrogen and oxygen atoms in total. The molecule has 0 unspecified atom stereocenters. The van der Waals surface area contributed by atoms with Crippen molar-refractivity contribution in [1.29, 1.82) is 0 Å². The van der Waals surface area contributed by atoms with Gasteiger partial charge in [-0.1, -0.05) is 31.2 Å². The monoisotopic (exact) mass is 524 g/mol. The van der Waals surface area contributed by atoms with Crippen molar-refractivity contribution in [3.05, 3.63) is 100 Å². The number of halogens is 2. The number of aryl methyl sites for hydroxylation is 2. The van der Waals surface area contributed by atoms with Gasteiger partial charge in [-0.05, 0) is 93.1 Å². The Balaban J connectivity index is 1.77. The van der Waals surface area contributed by atoms with E-state index in [0.717, 1.165) is 23.6 Å². The Bertz CT molecular complexity index is 1220. The molecule has 38 heavy (non-hydrogen) atoms. The van der Waals surface area contributed by atoms with Crippen molar-refractivity contribution in [2.45, 2.75) is 71.8 Å². The normalized spacial score (nSPS) is 13.2. The standard InChI is InChI=1S/C31H38F2N2O3/c1-6-21-8-7-9-22(12-21)18-34-19-29(36)28(15-23-13-25(32)17-26(33)14-23)35-30(37)24-10-20(2)11-27(16-24)38-31(3,4)5/h7-14,16-17,28-29,34,36H,6,15,18-19H2,1-5H3,(H,35,37)/t28-,29+/m0/s1. The van der Waals surface area contributed by atoms with Gasteiger partial charge in [0.25, 0.3) is 5.91 Å². The molecule has 0 aliphatic rings. The Morgan fingerprint density at radius 2 is 1.66 bits per heavy atom. The van der Waals surface area contributed by atoms with Crippen LogP contribution in [-0.4, -0.2) is 35.3 Å². The number of nitrogens with one attached hydrogen (secondary N) is 2. The van der Waals surface area contributed by atoms with Crippen LogP contribution in [0, 0.1) is 18.6 Å². The number of rotatable bonds is 11. The van der Waals surface area contributed by atoms with Crippen molar-refractivity contribution >= 4 is 5.91 Å². The molecule has 0 radical (unpaired) electrons. The Hall–Kier alpha value is -3.29. The second-order valence-electron chi connectivity index (χ2n) is 10.7. The van der Waals surface area contributed by atoms with Gasteiger partial charge in [0.05, 0.1) is 12.1 Å². The molecule has 0 fully saturated rings. The lowest BCUT2D eigenvalue weighted by atomic mass is 9.99. The summed E-state index contributed by atoms with van der Waals surface area (Å²) in [6.45, 7) is 10.4. The van der Waals surface area contributed by atoms with Crippen LogP contribution < -0.4 is 15.4 Å². The summed E-state index contributed by atoms with van der Waals surface area (Å²) in [6.07, 6.45) is -0.0446. The van der Waals surface area contributed by atoms with Crippen LogP contribution in [0.3, 0.4) is 0 Å². The van der Waals surface area contributed by atoms with Crippen molar-refractivity contribution in [3.63, 3.8) is 0 Å². The van der Waals surface area contributed by atoms with E-state index in [0.29, 0.717) is 23.4 Å². The van der Waals surface area contributed by atoms with Gasteiger partial charge in [0.2, 0.25) is 0 Å². The van der Waals surface area contributed by atoms with Gasteiger partial charge in [0.1, 0.15) is 23.0 Å². The van der Waals surface area contributed by atoms with Gasteiger partial charge in [-0.25, -0.2) is 8.78 Å².